The molecule has 8 heteroatoms. The van der Waals surface area contributed by atoms with Crippen molar-refractivity contribution in [3.05, 3.63) is 65.2 Å². The number of benzene rings is 1. The van der Waals surface area contributed by atoms with Crippen molar-refractivity contribution >= 4 is 16.7 Å². The van der Waals surface area contributed by atoms with Crippen molar-refractivity contribution < 1.29 is 0 Å². The zero-order chi connectivity index (χ0) is 16.8. The van der Waals surface area contributed by atoms with E-state index in [1.54, 1.807) is 12.4 Å². The molecule has 0 bridgehead atoms. The summed E-state index contributed by atoms with van der Waals surface area (Å²) in [5, 5.41) is 14.8. The molecule has 0 atom stereocenters. The summed E-state index contributed by atoms with van der Waals surface area (Å²) in [6.45, 7) is 0. The Bertz CT molecular complexity index is 1270. The van der Waals surface area contributed by atoms with Crippen LogP contribution in [0.1, 0.15) is 0 Å². The van der Waals surface area contributed by atoms with Crippen LogP contribution in [0.5, 0.6) is 0 Å². The first-order chi connectivity index (χ1) is 12.3. The quantitative estimate of drug-likeness (QED) is 0.515. The van der Waals surface area contributed by atoms with Crippen molar-refractivity contribution in [2.24, 2.45) is 0 Å². The lowest BCUT2D eigenvalue weighted by Gasteiger charge is -2.04. The molecule has 0 fully saturated rings. The first-order valence-electron chi connectivity index (χ1n) is 7.63. The Labute approximate surface area is 140 Å². The fraction of sp³-hybridized carbons (Fsp3) is 0. The summed E-state index contributed by atoms with van der Waals surface area (Å²) in [6.07, 6.45) is 3.35. The Morgan fingerprint density at radius 1 is 1.08 bits per heavy atom. The van der Waals surface area contributed by atoms with Crippen LogP contribution in [0.2, 0.25) is 0 Å². The minimum Gasteiger partial charge on any atom is -0.339 e. The normalized spacial score (nSPS) is 11.4. The predicted octanol–water partition coefficient (Wildman–Crippen LogP) is 2.02. The molecule has 0 saturated heterocycles. The number of H-pyrrole nitrogens is 2. The molecule has 0 aliphatic rings. The van der Waals surface area contributed by atoms with Crippen LogP contribution in [-0.2, 0) is 0 Å². The minimum absolute atomic E-state index is 0.216. The van der Waals surface area contributed by atoms with Gasteiger partial charge < -0.3 is 4.98 Å². The number of hydrogen-bond acceptors (Lipinski definition) is 5. The van der Waals surface area contributed by atoms with E-state index in [1.807, 2.05) is 36.4 Å². The molecule has 4 heterocycles. The Kier molecular flexibility index (Phi) is 2.78. The number of nitrogens with one attached hydrogen (secondary N) is 2. The Hall–Kier alpha value is -3.81. The molecule has 0 radical (unpaired) electrons. The predicted molar refractivity (Wildman–Crippen MR) is 91.9 cm³/mol. The van der Waals surface area contributed by atoms with Gasteiger partial charge >= 0.3 is 0 Å². The van der Waals surface area contributed by atoms with E-state index in [-0.39, 0.29) is 5.56 Å². The van der Waals surface area contributed by atoms with Crippen molar-refractivity contribution in [3.8, 4) is 22.5 Å². The van der Waals surface area contributed by atoms with Crippen LogP contribution in [0.15, 0.2) is 59.7 Å². The van der Waals surface area contributed by atoms with Gasteiger partial charge in [-0.05, 0) is 24.3 Å². The van der Waals surface area contributed by atoms with Gasteiger partial charge in [0.1, 0.15) is 11.2 Å². The summed E-state index contributed by atoms with van der Waals surface area (Å²) in [5.74, 6) is 0. The van der Waals surface area contributed by atoms with Crippen LogP contribution < -0.4 is 5.56 Å². The molecule has 2 N–H and O–H groups in total. The zero-order valence-corrected chi connectivity index (χ0v) is 12.8. The average molecular weight is 329 g/mol. The van der Waals surface area contributed by atoms with E-state index in [1.165, 1.54) is 10.6 Å². The average Bonchev–Trinajstić information content (AvgIpc) is 3.28. The van der Waals surface area contributed by atoms with Crippen LogP contribution >= 0.6 is 0 Å². The summed E-state index contributed by atoms with van der Waals surface area (Å²) >= 11 is 0. The van der Waals surface area contributed by atoms with E-state index in [4.69, 9.17) is 0 Å². The van der Waals surface area contributed by atoms with Crippen molar-refractivity contribution in [1.29, 1.82) is 0 Å². The van der Waals surface area contributed by atoms with Gasteiger partial charge in [-0.3, -0.25) is 14.9 Å². The highest BCUT2D eigenvalue weighted by molar-refractivity contribution is 5.81. The highest BCUT2D eigenvalue weighted by Gasteiger charge is 2.12. The van der Waals surface area contributed by atoms with Crippen LogP contribution in [0.25, 0.3) is 39.2 Å². The van der Waals surface area contributed by atoms with E-state index < -0.39 is 0 Å². The lowest BCUT2D eigenvalue weighted by molar-refractivity contribution is 0.901. The molecule has 120 valence electrons. The van der Waals surface area contributed by atoms with Crippen LogP contribution in [0, 0.1) is 0 Å². The highest BCUT2D eigenvalue weighted by Crippen LogP contribution is 2.24. The standard InChI is InChI=1S/C17H11N7O/c25-16-8-14(10-4-5-13-15(7-10)22-23-21-13)20-17-11(9-19-24(16)17)12-3-1-2-6-18-12/h1-9,20H,(H,21,22,23). The van der Waals surface area contributed by atoms with Gasteiger partial charge in [-0.25, -0.2) is 0 Å². The van der Waals surface area contributed by atoms with Crippen LogP contribution in [-0.4, -0.2) is 35.0 Å². The second-order valence-electron chi connectivity index (χ2n) is 5.60. The Morgan fingerprint density at radius 2 is 2.04 bits per heavy atom. The third-order valence-corrected chi connectivity index (χ3v) is 4.08. The molecule has 0 spiro atoms. The number of pyridine rings is 1. The molecule has 0 aliphatic heterocycles. The van der Waals surface area contributed by atoms with E-state index in [0.29, 0.717) is 11.3 Å². The van der Waals surface area contributed by atoms with Gasteiger partial charge in [0.25, 0.3) is 5.56 Å². The molecule has 8 nitrogen and oxygen atoms in total. The van der Waals surface area contributed by atoms with Gasteiger partial charge in [0.15, 0.2) is 0 Å². The number of nitrogens with zero attached hydrogens (tertiary/aromatic N) is 5. The number of aromatic amines is 2. The van der Waals surface area contributed by atoms with Gasteiger partial charge in [-0.15, -0.1) is 5.10 Å². The van der Waals surface area contributed by atoms with Gasteiger partial charge in [0.2, 0.25) is 0 Å². The molecular weight excluding hydrogens is 318 g/mol. The van der Waals surface area contributed by atoms with Gasteiger partial charge in [0, 0.05) is 17.8 Å². The lowest BCUT2D eigenvalue weighted by atomic mass is 10.1. The summed E-state index contributed by atoms with van der Waals surface area (Å²) in [7, 11) is 0. The molecule has 0 unspecified atom stereocenters. The summed E-state index contributed by atoms with van der Waals surface area (Å²) < 4.78 is 1.34. The number of fused-ring (bicyclic) bond motifs is 2. The van der Waals surface area contributed by atoms with E-state index in [2.05, 4.69) is 30.5 Å². The van der Waals surface area contributed by atoms with Crippen molar-refractivity contribution in [2.45, 2.75) is 0 Å². The smallest absolute Gasteiger partial charge is 0.274 e. The van der Waals surface area contributed by atoms with Gasteiger partial charge in [0.05, 0.1) is 28.7 Å². The van der Waals surface area contributed by atoms with Crippen LogP contribution in [0.3, 0.4) is 0 Å². The molecular formula is C17H11N7O. The molecule has 5 aromatic rings. The fourth-order valence-corrected chi connectivity index (χ4v) is 2.86. The monoisotopic (exact) mass is 329 g/mol. The lowest BCUT2D eigenvalue weighted by Crippen LogP contribution is -2.14. The Balaban J connectivity index is 1.75. The molecule has 1 aromatic carbocycles. The molecule has 4 aromatic heterocycles. The summed E-state index contributed by atoms with van der Waals surface area (Å²) in [4.78, 5) is 20.1. The third kappa shape index (κ3) is 2.12. The minimum atomic E-state index is -0.216. The first-order valence-corrected chi connectivity index (χ1v) is 7.63. The molecule has 0 aliphatic carbocycles. The fourth-order valence-electron chi connectivity index (χ4n) is 2.86. The van der Waals surface area contributed by atoms with E-state index in [9.17, 15) is 4.79 Å². The molecule has 25 heavy (non-hydrogen) atoms. The molecule has 5 rings (SSSR count). The summed E-state index contributed by atoms with van der Waals surface area (Å²) in [5.41, 5.74) is 4.99. The third-order valence-electron chi connectivity index (χ3n) is 4.08. The van der Waals surface area contributed by atoms with Crippen molar-refractivity contribution in [2.75, 3.05) is 0 Å². The maximum absolute atomic E-state index is 12.5. The largest absolute Gasteiger partial charge is 0.339 e. The second-order valence-corrected chi connectivity index (χ2v) is 5.60. The topological polar surface area (TPSA) is 105 Å². The van der Waals surface area contributed by atoms with Gasteiger partial charge in [-0.1, -0.05) is 17.3 Å². The number of aromatic nitrogens is 7. The maximum Gasteiger partial charge on any atom is 0.274 e. The SMILES string of the molecule is O=c1cc(-c2ccc3[nH]nnc3c2)[nH]c2c(-c3ccccn3)cnn12. The molecule has 0 saturated carbocycles. The van der Waals surface area contributed by atoms with Gasteiger partial charge in [-0.2, -0.15) is 9.61 Å². The number of hydrogen-bond donors (Lipinski definition) is 2. The second kappa shape index (κ2) is 5.10. The van der Waals surface area contributed by atoms with Crippen molar-refractivity contribution in [1.82, 2.24) is 35.0 Å². The van der Waals surface area contributed by atoms with Crippen LogP contribution in [0.4, 0.5) is 0 Å². The van der Waals surface area contributed by atoms with Crippen molar-refractivity contribution in [3.63, 3.8) is 0 Å². The summed E-state index contributed by atoms with van der Waals surface area (Å²) in [6, 6.07) is 12.8. The maximum atomic E-state index is 12.5. The molecule has 0 amide bonds. The Morgan fingerprint density at radius 3 is 2.92 bits per heavy atom. The first kappa shape index (κ1) is 13.6. The van der Waals surface area contributed by atoms with E-state index in [0.717, 1.165) is 27.9 Å². The number of rotatable bonds is 2. The zero-order valence-electron chi connectivity index (χ0n) is 12.8. The van der Waals surface area contributed by atoms with E-state index >= 15 is 0 Å². The highest BCUT2D eigenvalue weighted by atomic mass is 16.1.